The number of hydrogen-bond donors (Lipinski definition) is 0. The molecule has 3 aliphatic heterocycles. The zero-order valence-electron chi connectivity index (χ0n) is 20.5. The van der Waals surface area contributed by atoms with Crippen LogP contribution in [-0.4, -0.2) is 45.5 Å². The summed E-state index contributed by atoms with van der Waals surface area (Å²) in [7, 11) is 0. The second-order valence-corrected chi connectivity index (χ2v) is 12.0. The van der Waals surface area contributed by atoms with Gasteiger partial charge >= 0.3 is 4.87 Å². The molecule has 0 spiro atoms. The maximum Gasteiger partial charge on any atom is 0.308 e. The average Bonchev–Trinajstić information content (AvgIpc) is 3.36. The van der Waals surface area contributed by atoms with Crippen LogP contribution in [0.15, 0.2) is 64.4 Å². The molecule has 0 aliphatic carbocycles. The molecule has 7 nitrogen and oxygen atoms in total. The maximum absolute atomic E-state index is 13.9. The van der Waals surface area contributed by atoms with Gasteiger partial charge in [-0.1, -0.05) is 71.1 Å². The molecule has 3 aromatic rings. The van der Waals surface area contributed by atoms with E-state index in [9.17, 15) is 19.2 Å². The van der Waals surface area contributed by atoms with E-state index in [1.165, 1.54) is 21.2 Å². The molecule has 2 fully saturated rings. The summed E-state index contributed by atoms with van der Waals surface area (Å²) in [5.41, 5.74) is 2.49. The summed E-state index contributed by atoms with van der Waals surface area (Å²) in [4.78, 5) is 57.6. The van der Waals surface area contributed by atoms with Gasteiger partial charge in [0.2, 0.25) is 17.7 Å². The van der Waals surface area contributed by atoms with Crippen molar-refractivity contribution in [3.8, 4) is 0 Å². The molecule has 37 heavy (non-hydrogen) atoms. The lowest BCUT2D eigenvalue weighted by Crippen LogP contribution is -2.39. The molecule has 2 saturated heterocycles. The van der Waals surface area contributed by atoms with E-state index in [-0.39, 0.29) is 29.1 Å². The van der Waals surface area contributed by atoms with Gasteiger partial charge in [0.25, 0.3) is 0 Å². The molecule has 190 valence electrons. The number of likely N-dealkylation sites (tertiary alicyclic amines) is 1. The normalized spacial score (nSPS) is 23.2. The molecule has 3 unspecified atom stereocenters. The highest BCUT2D eigenvalue weighted by Crippen LogP contribution is 2.53. The predicted molar refractivity (Wildman–Crippen MR) is 144 cm³/mol. The number of fused-ring (bicyclic) bond motifs is 2. The van der Waals surface area contributed by atoms with Crippen molar-refractivity contribution < 1.29 is 14.4 Å². The van der Waals surface area contributed by atoms with Gasteiger partial charge < -0.3 is 4.90 Å². The molecular formula is C28H27N3O4S2. The molecule has 3 aliphatic rings. The predicted octanol–water partition coefficient (Wildman–Crippen LogP) is 4.03. The van der Waals surface area contributed by atoms with Crippen molar-refractivity contribution in [3.05, 3.63) is 80.3 Å². The number of benzene rings is 2. The average molecular weight is 534 g/mol. The van der Waals surface area contributed by atoms with Gasteiger partial charge in [-0.05, 0) is 43.9 Å². The van der Waals surface area contributed by atoms with E-state index < -0.39 is 17.1 Å². The van der Waals surface area contributed by atoms with Crippen molar-refractivity contribution in [1.29, 1.82) is 0 Å². The third kappa shape index (κ3) is 4.14. The highest BCUT2D eigenvalue weighted by Gasteiger charge is 2.56. The first-order valence-electron chi connectivity index (χ1n) is 12.6. The Kier molecular flexibility index (Phi) is 6.28. The molecule has 9 heteroatoms. The van der Waals surface area contributed by atoms with E-state index in [2.05, 4.69) is 0 Å². The highest BCUT2D eigenvalue weighted by atomic mass is 32.2. The van der Waals surface area contributed by atoms with Crippen LogP contribution in [0, 0.1) is 12.8 Å². The smallest absolute Gasteiger partial charge is 0.308 e. The number of aromatic nitrogens is 1. The Balaban J connectivity index is 1.42. The molecule has 0 N–H and O–H groups in total. The van der Waals surface area contributed by atoms with Crippen molar-refractivity contribution in [1.82, 2.24) is 9.47 Å². The summed E-state index contributed by atoms with van der Waals surface area (Å²) in [6.45, 7) is 3.34. The maximum atomic E-state index is 13.9. The summed E-state index contributed by atoms with van der Waals surface area (Å²) < 4.78 is 1.53. The van der Waals surface area contributed by atoms with Crippen LogP contribution < -0.4 is 9.77 Å². The fraction of sp³-hybridized carbons (Fsp3) is 0.357. The van der Waals surface area contributed by atoms with Crippen LogP contribution in [0.4, 0.5) is 5.69 Å². The molecule has 0 radical (unpaired) electrons. The van der Waals surface area contributed by atoms with E-state index in [0.717, 1.165) is 46.6 Å². The zero-order valence-corrected chi connectivity index (χ0v) is 22.1. The third-order valence-electron chi connectivity index (χ3n) is 7.50. The number of amides is 3. The summed E-state index contributed by atoms with van der Waals surface area (Å²) in [5.74, 6) is -1.65. The number of aryl methyl sites for hydroxylation is 1. The number of rotatable bonds is 4. The number of carbonyl (C=O) groups excluding carboxylic acids is 3. The zero-order chi connectivity index (χ0) is 25.7. The Labute approximate surface area is 223 Å². The Hall–Kier alpha value is -3.17. The summed E-state index contributed by atoms with van der Waals surface area (Å²) in [6, 6.07) is 17.0. The number of thioether (sulfide) groups is 1. The van der Waals surface area contributed by atoms with Gasteiger partial charge in [-0.2, -0.15) is 0 Å². The minimum atomic E-state index is -0.670. The standard InChI is InChI=1S/C28H27N3O4S2/c1-17-10-12-19(13-11-17)31-25(33)22-21(18-8-4-2-5-9-18)24-27(36-23(22)26(31)34)30(28(35)37-24)16-20(32)29-14-6-3-7-15-29/h2,4-5,8-13,21-23H,3,6-7,14-16H2,1H3. The van der Waals surface area contributed by atoms with Crippen molar-refractivity contribution in [3.63, 3.8) is 0 Å². The van der Waals surface area contributed by atoms with Crippen LogP contribution >= 0.6 is 23.1 Å². The molecule has 3 atom stereocenters. The molecule has 0 saturated carbocycles. The lowest BCUT2D eigenvalue weighted by Gasteiger charge is -2.31. The van der Waals surface area contributed by atoms with Gasteiger partial charge in [0.15, 0.2) is 0 Å². The van der Waals surface area contributed by atoms with Crippen LogP contribution in [0.25, 0.3) is 0 Å². The van der Waals surface area contributed by atoms with Gasteiger partial charge in [0, 0.05) is 23.9 Å². The lowest BCUT2D eigenvalue weighted by molar-refractivity contribution is -0.133. The Morgan fingerprint density at radius 1 is 0.919 bits per heavy atom. The largest absolute Gasteiger partial charge is 0.341 e. The summed E-state index contributed by atoms with van der Waals surface area (Å²) >= 11 is 2.36. The Morgan fingerprint density at radius 3 is 2.32 bits per heavy atom. The van der Waals surface area contributed by atoms with Crippen LogP contribution in [0.2, 0.25) is 0 Å². The molecule has 0 bridgehead atoms. The minimum absolute atomic E-state index is 0.0413. The molecule has 6 rings (SSSR count). The minimum Gasteiger partial charge on any atom is -0.341 e. The van der Waals surface area contributed by atoms with Gasteiger partial charge in [-0.15, -0.1) is 0 Å². The van der Waals surface area contributed by atoms with E-state index in [1.807, 2.05) is 54.3 Å². The first-order valence-corrected chi connectivity index (χ1v) is 14.3. The van der Waals surface area contributed by atoms with Crippen molar-refractivity contribution >= 4 is 46.5 Å². The Morgan fingerprint density at radius 2 is 1.62 bits per heavy atom. The van der Waals surface area contributed by atoms with E-state index in [0.29, 0.717) is 23.8 Å². The van der Waals surface area contributed by atoms with Gasteiger partial charge in [-0.3, -0.25) is 23.7 Å². The van der Waals surface area contributed by atoms with E-state index in [4.69, 9.17) is 0 Å². The van der Waals surface area contributed by atoms with E-state index >= 15 is 0 Å². The highest BCUT2D eigenvalue weighted by molar-refractivity contribution is 8.00. The quantitative estimate of drug-likeness (QED) is 0.473. The number of anilines is 1. The third-order valence-corrected chi connectivity index (χ3v) is 10.1. The number of nitrogens with zero attached hydrogens (tertiary/aromatic N) is 3. The van der Waals surface area contributed by atoms with Crippen LogP contribution in [0.1, 0.15) is 41.2 Å². The van der Waals surface area contributed by atoms with Crippen LogP contribution in [0.3, 0.4) is 0 Å². The van der Waals surface area contributed by atoms with Gasteiger partial charge in [0.1, 0.15) is 11.8 Å². The first kappa shape index (κ1) is 24.2. The first-order chi connectivity index (χ1) is 17.9. The second-order valence-electron chi connectivity index (χ2n) is 9.86. The summed E-state index contributed by atoms with van der Waals surface area (Å²) in [6.07, 6.45) is 3.06. The number of piperidine rings is 1. The summed E-state index contributed by atoms with van der Waals surface area (Å²) in [5, 5.41) is -0.0285. The SMILES string of the molecule is Cc1ccc(N2C(=O)C3Sc4c(sc(=O)n4CC(=O)N4CCCCC4)C(c4ccccc4)C3C2=O)cc1. The van der Waals surface area contributed by atoms with Gasteiger partial charge in [0.05, 0.1) is 16.6 Å². The topological polar surface area (TPSA) is 79.7 Å². The molecule has 2 aromatic carbocycles. The number of carbonyl (C=O) groups is 3. The van der Waals surface area contributed by atoms with Crippen molar-refractivity contribution in [2.75, 3.05) is 18.0 Å². The van der Waals surface area contributed by atoms with Gasteiger partial charge in [-0.25, -0.2) is 4.90 Å². The molecule has 3 amide bonds. The number of hydrogen-bond acceptors (Lipinski definition) is 6. The molecule has 4 heterocycles. The second kappa shape index (κ2) is 9.61. The monoisotopic (exact) mass is 533 g/mol. The molecule has 1 aromatic heterocycles. The fourth-order valence-corrected chi connectivity index (χ4v) is 8.37. The Bertz CT molecular complexity index is 1420. The van der Waals surface area contributed by atoms with Crippen molar-refractivity contribution in [2.45, 2.75) is 48.9 Å². The van der Waals surface area contributed by atoms with E-state index in [1.54, 1.807) is 12.1 Å². The van der Waals surface area contributed by atoms with Crippen LogP contribution in [-0.2, 0) is 20.9 Å². The van der Waals surface area contributed by atoms with Crippen molar-refractivity contribution in [2.24, 2.45) is 5.92 Å². The number of thiazole rings is 1. The number of imide groups is 1. The molecular weight excluding hydrogens is 506 g/mol. The lowest BCUT2D eigenvalue weighted by atomic mass is 9.83. The van der Waals surface area contributed by atoms with Crippen LogP contribution in [0.5, 0.6) is 0 Å². The fourth-order valence-electron chi connectivity index (χ4n) is 5.60.